The number of aliphatic imine (C=N–C) groups is 1. The first-order chi connectivity index (χ1) is 16.1. The van der Waals surface area contributed by atoms with Crippen LogP contribution in [0.5, 0.6) is 0 Å². The van der Waals surface area contributed by atoms with Crippen molar-refractivity contribution in [2.75, 3.05) is 32.7 Å². The van der Waals surface area contributed by atoms with Crippen LogP contribution in [0.2, 0.25) is 0 Å². The van der Waals surface area contributed by atoms with Crippen LogP contribution < -0.4 is 0 Å². The van der Waals surface area contributed by atoms with Crippen molar-refractivity contribution in [3.63, 3.8) is 0 Å². The number of pyridine rings is 1. The van der Waals surface area contributed by atoms with Crippen LogP contribution in [0.4, 0.5) is 4.39 Å². The zero-order valence-corrected chi connectivity index (χ0v) is 19.2. The van der Waals surface area contributed by atoms with Gasteiger partial charge in [0, 0.05) is 62.7 Å². The average molecular weight is 447 g/mol. The van der Waals surface area contributed by atoms with Crippen LogP contribution in [0, 0.1) is 17.7 Å². The number of likely N-dealkylation sites (tertiary alicyclic amines) is 1. The highest BCUT2D eigenvalue weighted by Gasteiger charge is 2.32. The fourth-order valence-electron chi connectivity index (χ4n) is 5.60. The van der Waals surface area contributed by atoms with E-state index in [0.29, 0.717) is 31.3 Å². The van der Waals surface area contributed by atoms with E-state index < -0.39 is 0 Å². The van der Waals surface area contributed by atoms with Crippen molar-refractivity contribution in [1.29, 1.82) is 0 Å². The average Bonchev–Trinajstić information content (AvgIpc) is 3.24. The molecule has 1 aromatic heterocycles. The summed E-state index contributed by atoms with van der Waals surface area (Å²) < 4.78 is 14.1. The predicted octanol–water partition coefficient (Wildman–Crippen LogP) is 4.10. The number of hydrogen-bond donors (Lipinski definition) is 0. The lowest BCUT2D eigenvalue weighted by molar-refractivity contribution is -0.132. The first-order valence-electron chi connectivity index (χ1n) is 12.0. The SMILES string of the molecule is CC1CC(CC(=O)N2CCC3=C(C2)C(c2ccncc2)=NC3)CN(Cc2ccccc2F)C1. The molecule has 5 rings (SSSR count). The Kier molecular flexibility index (Phi) is 6.36. The third kappa shape index (κ3) is 4.91. The molecule has 0 aliphatic carbocycles. The van der Waals surface area contributed by atoms with E-state index in [1.165, 1.54) is 17.2 Å². The molecule has 0 saturated carbocycles. The van der Waals surface area contributed by atoms with E-state index in [0.717, 1.165) is 55.9 Å². The second-order valence-electron chi connectivity index (χ2n) is 9.74. The van der Waals surface area contributed by atoms with Crippen molar-refractivity contribution in [2.24, 2.45) is 16.8 Å². The molecular formula is C27H31FN4O. The highest BCUT2D eigenvalue weighted by Crippen LogP contribution is 2.30. The third-order valence-electron chi connectivity index (χ3n) is 7.12. The molecule has 1 aromatic carbocycles. The van der Waals surface area contributed by atoms with Gasteiger partial charge in [-0.15, -0.1) is 0 Å². The highest BCUT2D eigenvalue weighted by atomic mass is 19.1. The number of aromatic nitrogens is 1. The van der Waals surface area contributed by atoms with Crippen LogP contribution in [0.1, 0.15) is 37.3 Å². The van der Waals surface area contributed by atoms with Crippen LogP contribution >= 0.6 is 0 Å². The highest BCUT2D eigenvalue weighted by molar-refractivity contribution is 6.15. The zero-order valence-electron chi connectivity index (χ0n) is 19.2. The number of hydrogen-bond acceptors (Lipinski definition) is 4. The molecule has 5 nitrogen and oxygen atoms in total. The molecule has 0 spiro atoms. The number of piperidine rings is 1. The second-order valence-corrected chi connectivity index (χ2v) is 9.74. The number of nitrogens with zero attached hydrogens (tertiary/aromatic N) is 4. The molecule has 1 fully saturated rings. The summed E-state index contributed by atoms with van der Waals surface area (Å²) in [5.41, 5.74) is 5.42. The minimum atomic E-state index is -0.149. The molecule has 172 valence electrons. The Morgan fingerprint density at radius 2 is 1.97 bits per heavy atom. The van der Waals surface area contributed by atoms with E-state index in [4.69, 9.17) is 4.99 Å². The van der Waals surface area contributed by atoms with Crippen LogP contribution in [0.15, 0.2) is 64.9 Å². The summed E-state index contributed by atoms with van der Waals surface area (Å²) in [5, 5.41) is 0. The Morgan fingerprint density at radius 3 is 2.79 bits per heavy atom. The second kappa shape index (κ2) is 9.56. The molecule has 6 heteroatoms. The summed E-state index contributed by atoms with van der Waals surface area (Å²) in [7, 11) is 0. The van der Waals surface area contributed by atoms with E-state index in [1.807, 2.05) is 29.2 Å². The van der Waals surface area contributed by atoms with Gasteiger partial charge in [0.2, 0.25) is 5.91 Å². The molecule has 1 amide bonds. The molecule has 1 saturated heterocycles. The quantitative estimate of drug-likeness (QED) is 0.695. The lowest BCUT2D eigenvalue weighted by atomic mass is 9.87. The number of rotatable bonds is 5. The van der Waals surface area contributed by atoms with Gasteiger partial charge in [-0.05, 0) is 54.0 Å². The molecular weight excluding hydrogens is 415 g/mol. The smallest absolute Gasteiger partial charge is 0.223 e. The summed E-state index contributed by atoms with van der Waals surface area (Å²) in [6.07, 6.45) is 6.09. The lowest BCUT2D eigenvalue weighted by Gasteiger charge is -2.37. The topological polar surface area (TPSA) is 48.8 Å². The minimum Gasteiger partial charge on any atom is -0.338 e. The molecule has 0 bridgehead atoms. The van der Waals surface area contributed by atoms with Gasteiger partial charge in [-0.1, -0.05) is 25.1 Å². The van der Waals surface area contributed by atoms with Crippen LogP contribution in [0.3, 0.4) is 0 Å². The third-order valence-corrected chi connectivity index (χ3v) is 7.12. The molecule has 33 heavy (non-hydrogen) atoms. The molecule has 0 N–H and O–H groups in total. The Hall–Kier alpha value is -2.86. The summed E-state index contributed by atoms with van der Waals surface area (Å²) >= 11 is 0. The van der Waals surface area contributed by atoms with Crippen LogP contribution in [0.25, 0.3) is 0 Å². The van der Waals surface area contributed by atoms with E-state index in [-0.39, 0.29) is 11.7 Å². The van der Waals surface area contributed by atoms with Gasteiger partial charge in [0.05, 0.1) is 12.3 Å². The van der Waals surface area contributed by atoms with Crippen molar-refractivity contribution in [3.8, 4) is 0 Å². The minimum absolute atomic E-state index is 0.149. The first-order valence-corrected chi connectivity index (χ1v) is 12.0. The summed E-state index contributed by atoms with van der Waals surface area (Å²) in [6.45, 7) is 6.81. The number of benzene rings is 1. The molecule has 0 radical (unpaired) electrons. The van der Waals surface area contributed by atoms with Gasteiger partial charge in [-0.3, -0.25) is 19.7 Å². The van der Waals surface area contributed by atoms with Crippen LogP contribution in [-0.4, -0.2) is 59.1 Å². The van der Waals surface area contributed by atoms with Crippen molar-refractivity contribution in [2.45, 2.75) is 32.7 Å². The maximum Gasteiger partial charge on any atom is 0.223 e. The van der Waals surface area contributed by atoms with Gasteiger partial charge in [-0.2, -0.15) is 0 Å². The van der Waals surface area contributed by atoms with Gasteiger partial charge < -0.3 is 4.90 Å². The Labute approximate surface area is 195 Å². The Morgan fingerprint density at radius 1 is 1.15 bits per heavy atom. The van der Waals surface area contributed by atoms with E-state index in [2.05, 4.69) is 16.8 Å². The number of amides is 1. The maximum atomic E-state index is 14.1. The predicted molar refractivity (Wildman–Crippen MR) is 127 cm³/mol. The number of carbonyl (C=O) groups is 1. The monoisotopic (exact) mass is 446 g/mol. The molecule has 4 heterocycles. The van der Waals surface area contributed by atoms with E-state index in [9.17, 15) is 9.18 Å². The van der Waals surface area contributed by atoms with Gasteiger partial charge in [-0.25, -0.2) is 4.39 Å². The lowest BCUT2D eigenvalue weighted by Crippen LogP contribution is -2.43. The number of halogens is 1. The van der Waals surface area contributed by atoms with Crippen LogP contribution in [-0.2, 0) is 11.3 Å². The standard InChI is InChI=1S/C27H31FN4O/c1-19-12-20(16-31(15-19)17-23-4-2-3-5-25(23)28)13-26(33)32-11-8-22-14-30-27(24(22)18-32)21-6-9-29-10-7-21/h2-7,9-10,19-20H,8,11-18H2,1H3. The molecule has 2 atom stereocenters. The van der Waals surface area contributed by atoms with Gasteiger partial charge in [0.15, 0.2) is 0 Å². The molecule has 2 unspecified atom stereocenters. The van der Waals surface area contributed by atoms with Gasteiger partial charge in [0.1, 0.15) is 5.82 Å². The number of carbonyl (C=O) groups excluding carboxylic acids is 1. The fourth-order valence-corrected chi connectivity index (χ4v) is 5.60. The van der Waals surface area contributed by atoms with Crippen molar-refractivity contribution < 1.29 is 9.18 Å². The summed E-state index contributed by atoms with van der Waals surface area (Å²) in [5.74, 6) is 0.885. The zero-order chi connectivity index (χ0) is 22.8. The van der Waals surface area contributed by atoms with Crippen molar-refractivity contribution >= 4 is 11.6 Å². The first kappa shape index (κ1) is 22.0. The molecule has 3 aliphatic rings. The molecule has 3 aliphatic heterocycles. The molecule has 2 aromatic rings. The fraction of sp³-hybridized carbons (Fsp3) is 0.444. The largest absolute Gasteiger partial charge is 0.338 e. The van der Waals surface area contributed by atoms with Gasteiger partial charge >= 0.3 is 0 Å². The van der Waals surface area contributed by atoms with E-state index >= 15 is 0 Å². The van der Waals surface area contributed by atoms with Crippen molar-refractivity contribution in [3.05, 3.63) is 76.9 Å². The normalized spacial score (nSPS) is 23.5. The summed E-state index contributed by atoms with van der Waals surface area (Å²) in [6, 6.07) is 11.0. The Balaban J connectivity index is 1.21. The Bertz CT molecular complexity index is 1080. The van der Waals surface area contributed by atoms with Crippen molar-refractivity contribution in [1.82, 2.24) is 14.8 Å². The summed E-state index contributed by atoms with van der Waals surface area (Å²) in [4.78, 5) is 26.5. The van der Waals surface area contributed by atoms with Gasteiger partial charge in [0.25, 0.3) is 0 Å². The maximum absolute atomic E-state index is 14.1. The van der Waals surface area contributed by atoms with E-state index in [1.54, 1.807) is 18.5 Å².